The minimum atomic E-state index is -0.699. The molecule has 1 N–H and O–H groups in total. The van der Waals surface area contributed by atoms with Gasteiger partial charge in [0, 0.05) is 24.7 Å². The van der Waals surface area contributed by atoms with E-state index in [0.717, 1.165) is 16.5 Å². The standard InChI is InChI=1S/C22H20ClN3O3/c23-18-8-9-24-19-12-16(6-7-17(18)19)21(26-11-10-25-20(27)13-26)22(28)29-14-15-4-2-1-3-5-15/h1-9,12,21H,10-11,13-14H2,(H,25,27). The number of hydrogen-bond acceptors (Lipinski definition) is 5. The molecule has 1 unspecified atom stereocenters. The third-order valence-electron chi connectivity index (χ3n) is 4.91. The van der Waals surface area contributed by atoms with E-state index in [9.17, 15) is 9.59 Å². The van der Waals surface area contributed by atoms with Gasteiger partial charge in [-0.3, -0.25) is 14.7 Å². The van der Waals surface area contributed by atoms with Gasteiger partial charge in [-0.15, -0.1) is 0 Å². The maximum atomic E-state index is 13.1. The number of fused-ring (bicyclic) bond motifs is 1. The summed E-state index contributed by atoms with van der Waals surface area (Å²) in [7, 11) is 0. The average Bonchev–Trinajstić information content (AvgIpc) is 2.73. The molecule has 0 bridgehead atoms. The number of halogens is 1. The number of amides is 1. The number of nitrogens with one attached hydrogen (secondary N) is 1. The maximum absolute atomic E-state index is 13.1. The molecule has 1 amide bonds. The minimum absolute atomic E-state index is 0.112. The van der Waals surface area contributed by atoms with Crippen molar-refractivity contribution in [1.82, 2.24) is 15.2 Å². The highest BCUT2D eigenvalue weighted by Crippen LogP contribution is 2.29. The van der Waals surface area contributed by atoms with Crippen molar-refractivity contribution in [1.29, 1.82) is 0 Å². The highest BCUT2D eigenvalue weighted by atomic mass is 35.5. The molecule has 1 saturated heterocycles. The van der Waals surface area contributed by atoms with Crippen molar-refractivity contribution in [2.45, 2.75) is 12.6 Å². The summed E-state index contributed by atoms with van der Waals surface area (Å²) in [5.41, 5.74) is 2.32. The summed E-state index contributed by atoms with van der Waals surface area (Å²) in [4.78, 5) is 31.2. The second-order valence-corrected chi connectivity index (χ2v) is 7.29. The molecule has 6 nitrogen and oxygen atoms in total. The first-order chi connectivity index (χ1) is 14.1. The molecule has 0 saturated carbocycles. The average molecular weight is 410 g/mol. The number of benzene rings is 2. The molecule has 7 heteroatoms. The number of pyridine rings is 1. The summed E-state index contributed by atoms with van der Waals surface area (Å²) in [6, 6.07) is 16.1. The zero-order valence-corrected chi connectivity index (χ0v) is 16.4. The fraction of sp³-hybridized carbons (Fsp3) is 0.227. The summed E-state index contributed by atoms with van der Waals surface area (Å²) in [6.45, 7) is 1.34. The largest absolute Gasteiger partial charge is 0.459 e. The maximum Gasteiger partial charge on any atom is 0.328 e. The summed E-state index contributed by atoms with van der Waals surface area (Å²) in [5.74, 6) is -0.510. The Bertz CT molecular complexity index is 1040. The molecule has 3 aromatic rings. The van der Waals surface area contributed by atoms with Gasteiger partial charge in [0.1, 0.15) is 12.6 Å². The van der Waals surface area contributed by atoms with Gasteiger partial charge in [-0.25, -0.2) is 4.79 Å². The van der Waals surface area contributed by atoms with Crippen LogP contribution in [0.25, 0.3) is 10.9 Å². The van der Waals surface area contributed by atoms with Crippen molar-refractivity contribution in [2.75, 3.05) is 19.6 Å². The Balaban J connectivity index is 1.64. The molecular weight excluding hydrogens is 390 g/mol. The summed E-state index contributed by atoms with van der Waals surface area (Å²) < 4.78 is 5.61. The Kier molecular flexibility index (Phi) is 5.74. The van der Waals surface area contributed by atoms with E-state index in [4.69, 9.17) is 16.3 Å². The molecule has 1 atom stereocenters. The zero-order chi connectivity index (χ0) is 20.2. The van der Waals surface area contributed by atoms with Crippen LogP contribution in [0.15, 0.2) is 60.8 Å². The quantitative estimate of drug-likeness (QED) is 0.655. The van der Waals surface area contributed by atoms with Crippen molar-refractivity contribution >= 4 is 34.4 Å². The highest BCUT2D eigenvalue weighted by molar-refractivity contribution is 6.35. The minimum Gasteiger partial charge on any atom is -0.459 e. The molecule has 2 aromatic carbocycles. The lowest BCUT2D eigenvalue weighted by Crippen LogP contribution is -2.50. The molecule has 0 radical (unpaired) electrons. The highest BCUT2D eigenvalue weighted by Gasteiger charge is 2.32. The molecule has 4 rings (SSSR count). The van der Waals surface area contributed by atoms with Crippen LogP contribution in [0.5, 0.6) is 0 Å². The number of ether oxygens (including phenoxy) is 1. The van der Waals surface area contributed by atoms with E-state index < -0.39 is 12.0 Å². The van der Waals surface area contributed by atoms with Gasteiger partial charge in [0.25, 0.3) is 0 Å². The molecule has 1 fully saturated rings. The number of hydrogen-bond donors (Lipinski definition) is 1. The third kappa shape index (κ3) is 4.39. The Labute approximate surface area is 173 Å². The van der Waals surface area contributed by atoms with E-state index in [1.807, 2.05) is 53.4 Å². The van der Waals surface area contributed by atoms with Crippen LogP contribution in [0.4, 0.5) is 0 Å². The van der Waals surface area contributed by atoms with E-state index >= 15 is 0 Å². The first kappa shape index (κ1) is 19.4. The fourth-order valence-corrected chi connectivity index (χ4v) is 3.70. The van der Waals surface area contributed by atoms with Crippen LogP contribution in [0.2, 0.25) is 5.02 Å². The second kappa shape index (κ2) is 8.59. The van der Waals surface area contributed by atoms with Crippen molar-refractivity contribution in [3.05, 3.63) is 76.9 Å². The van der Waals surface area contributed by atoms with Crippen LogP contribution in [-0.4, -0.2) is 41.4 Å². The molecule has 0 aliphatic carbocycles. The van der Waals surface area contributed by atoms with Crippen molar-refractivity contribution in [3.63, 3.8) is 0 Å². The van der Waals surface area contributed by atoms with Crippen LogP contribution in [0, 0.1) is 0 Å². The zero-order valence-electron chi connectivity index (χ0n) is 15.7. The van der Waals surface area contributed by atoms with Gasteiger partial charge in [-0.1, -0.05) is 54.1 Å². The van der Waals surface area contributed by atoms with Crippen LogP contribution in [0.1, 0.15) is 17.2 Å². The summed E-state index contributed by atoms with van der Waals surface area (Å²) in [6.07, 6.45) is 1.63. The number of rotatable bonds is 5. The Morgan fingerprint density at radius 2 is 2.03 bits per heavy atom. The smallest absolute Gasteiger partial charge is 0.328 e. The van der Waals surface area contributed by atoms with Gasteiger partial charge in [-0.05, 0) is 23.3 Å². The number of esters is 1. The van der Waals surface area contributed by atoms with Gasteiger partial charge >= 0.3 is 5.97 Å². The van der Waals surface area contributed by atoms with Gasteiger partial charge in [-0.2, -0.15) is 0 Å². The number of piperazine rings is 1. The molecule has 29 heavy (non-hydrogen) atoms. The molecule has 2 heterocycles. The first-order valence-corrected chi connectivity index (χ1v) is 9.75. The Morgan fingerprint density at radius 1 is 1.21 bits per heavy atom. The van der Waals surface area contributed by atoms with Crippen molar-refractivity contribution < 1.29 is 14.3 Å². The van der Waals surface area contributed by atoms with E-state index in [0.29, 0.717) is 23.6 Å². The number of aromatic nitrogens is 1. The second-order valence-electron chi connectivity index (χ2n) is 6.89. The molecule has 1 aromatic heterocycles. The van der Waals surface area contributed by atoms with Crippen LogP contribution in [-0.2, 0) is 20.9 Å². The fourth-order valence-electron chi connectivity index (χ4n) is 3.48. The lowest BCUT2D eigenvalue weighted by atomic mass is 10.0. The molecular formula is C22H20ClN3O3. The lowest BCUT2D eigenvalue weighted by Gasteiger charge is -2.33. The van der Waals surface area contributed by atoms with E-state index in [1.54, 1.807) is 12.3 Å². The normalized spacial score (nSPS) is 15.7. The molecule has 1 aliphatic heterocycles. The Morgan fingerprint density at radius 3 is 2.83 bits per heavy atom. The SMILES string of the molecule is O=C1CN(C(C(=O)OCc2ccccc2)c2ccc3c(Cl)ccnc3c2)CCN1. The molecule has 1 aliphatic rings. The van der Waals surface area contributed by atoms with Crippen LogP contribution in [0.3, 0.4) is 0 Å². The first-order valence-electron chi connectivity index (χ1n) is 9.37. The van der Waals surface area contributed by atoms with Crippen molar-refractivity contribution in [2.24, 2.45) is 0 Å². The number of carbonyl (C=O) groups is 2. The lowest BCUT2D eigenvalue weighted by molar-refractivity contribution is -0.152. The third-order valence-corrected chi connectivity index (χ3v) is 5.24. The van der Waals surface area contributed by atoms with E-state index in [-0.39, 0.29) is 19.1 Å². The van der Waals surface area contributed by atoms with Crippen molar-refractivity contribution in [3.8, 4) is 0 Å². The van der Waals surface area contributed by atoms with E-state index in [2.05, 4.69) is 10.3 Å². The van der Waals surface area contributed by atoms with Gasteiger partial charge in [0.2, 0.25) is 5.91 Å². The van der Waals surface area contributed by atoms with Gasteiger partial charge in [0.05, 0.1) is 17.1 Å². The monoisotopic (exact) mass is 409 g/mol. The van der Waals surface area contributed by atoms with E-state index in [1.165, 1.54) is 0 Å². The number of nitrogens with zero attached hydrogens (tertiary/aromatic N) is 2. The topological polar surface area (TPSA) is 71.5 Å². The van der Waals surface area contributed by atoms with Gasteiger partial charge in [0.15, 0.2) is 0 Å². The Hall–Kier alpha value is -2.96. The number of carbonyl (C=O) groups excluding carboxylic acids is 2. The predicted molar refractivity (Wildman–Crippen MR) is 110 cm³/mol. The summed E-state index contributed by atoms with van der Waals surface area (Å²) in [5, 5.41) is 4.20. The van der Waals surface area contributed by atoms with Gasteiger partial charge < -0.3 is 10.1 Å². The predicted octanol–water partition coefficient (Wildman–Crippen LogP) is 3.10. The summed E-state index contributed by atoms with van der Waals surface area (Å²) >= 11 is 6.24. The van der Waals surface area contributed by atoms with Crippen LogP contribution < -0.4 is 5.32 Å². The van der Waals surface area contributed by atoms with Crippen LogP contribution >= 0.6 is 11.6 Å². The molecule has 0 spiro atoms. The molecule has 148 valence electrons.